The average molecular weight is 345 g/mol. The van der Waals surface area contributed by atoms with Crippen LogP contribution in [0.4, 0.5) is 5.95 Å². The quantitative estimate of drug-likeness (QED) is 0.541. The molecular weight excluding hydrogens is 326 g/mol. The number of benzene rings is 2. The summed E-state index contributed by atoms with van der Waals surface area (Å²) in [6, 6.07) is 14.2. The van der Waals surface area contributed by atoms with E-state index in [1.807, 2.05) is 35.1 Å². The summed E-state index contributed by atoms with van der Waals surface area (Å²) in [5.74, 6) is 1.08. The summed E-state index contributed by atoms with van der Waals surface area (Å²) in [6.45, 7) is 1.42. The monoisotopic (exact) mass is 345 g/mol. The van der Waals surface area contributed by atoms with Crippen molar-refractivity contribution in [1.82, 2.24) is 19.7 Å². The van der Waals surface area contributed by atoms with Crippen LogP contribution in [0.3, 0.4) is 0 Å². The van der Waals surface area contributed by atoms with Crippen molar-refractivity contribution in [2.45, 2.75) is 13.0 Å². The predicted molar refractivity (Wildman–Crippen MR) is 102 cm³/mol. The molecule has 2 heterocycles. The molecule has 0 atom stereocenters. The molecule has 2 aromatic carbocycles. The smallest absolute Gasteiger partial charge is 0.219 e. The Balaban J connectivity index is 1.63. The molecule has 0 aliphatic heterocycles. The van der Waals surface area contributed by atoms with E-state index in [0.29, 0.717) is 6.61 Å². The molecular formula is C20H19N5O. The van der Waals surface area contributed by atoms with Gasteiger partial charge >= 0.3 is 0 Å². The van der Waals surface area contributed by atoms with Crippen LogP contribution in [-0.4, -0.2) is 26.4 Å². The van der Waals surface area contributed by atoms with Crippen LogP contribution in [0.15, 0.2) is 67.3 Å². The second-order valence-corrected chi connectivity index (χ2v) is 5.96. The highest BCUT2D eigenvalue weighted by Gasteiger charge is 2.12. The second kappa shape index (κ2) is 7.23. The highest BCUT2D eigenvalue weighted by atomic mass is 16.5. The van der Waals surface area contributed by atoms with Crippen LogP contribution in [0.1, 0.15) is 6.42 Å². The van der Waals surface area contributed by atoms with Crippen LogP contribution < -0.4 is 10.5 Å². The van der Waals surface area contributed by atoms with E-state index in [4.69, 9.17) is 10.5 Å². The molecule has 6 heteroatoms. The molecule has 0 unspecified atom stereocenters. The molecule has 0 aliphatic carbocycles. The van der Waals surface area contributed by atoms with Gasteiger partial charge in [-0.2, -0.15) is 5.10 Å². The lowest BCUT2D eigenvalue weighted by Crippen LogP contribution is -2.05. The van der Waals surface area contributed by atoms with E-state index < -0.39 is 0 Å². The number of hydrogen-bond acceptors (Lipinski definition) is 5. The fraction of sp³-hybridized carbons (Fsp3) is 0.150. The van der Waals surface area contributed by atoms with Crippen LogP contribution >= 0.6 is 0 Å². The summed E-state index contributed by atoms with van der Waals surface area (Å²) in [5, 5.41) is 6.45. The molecule has 130 valence electrons. The number of fused-ring (bicyclic) bond motifs is 1. The van der Waals surface area contributed by atoms with Gasteiger partial charge in [0.05, 0.1) is 6.61 Å². The number of aryl methyl sites for hydroxylation is 1. The number of ether oxygens (including phenoxy) is 1. The van der Waals surface area contributed by atoms with Gasteiger partial charge in [0.2, 0.25) is 5.95 Å². The van der Waals surface area contributed by atoms with E-state index in [-0.39, 0.29) is 5.95 Å². The van der Waals surface area contributed by atoms with Gasteiger partial charge in [0.1, 0.15) is 5.75 Å². The van der Waals surface area contributed by atoms with Crippen molar-refractivity contribution in [2.24, 2.45) is 0 Å². The Hall–Kier alpha value is -3.41. The zero-order valence-electron chi connectivity index (χ0n) is 14.2. The molecule has 0 radical (unpaired) electrons. The molecule has 0 fully saturated rings. The normalized spacial score (nSPS) is 10.9. The maximum absolute atomic E-state index is 6.10. The van der Waals surface area contributed by atoms with E-state index in [1.165, 1.54) is 0 Å². The van der Waals surface area contributed by atoms with Gasteiger partial charge in [-0.05, 0) is 22.9 Å². The first-order valence-corrected chi connectivity index (χ1v) is 8.51. The third-order valence-corrected chi connectivity index (χ3v) is 4.20. The van der Waals surface area contributed by atoms with Crippen molar-refractivity contribution >= 4 is 16.7 Å². The third kappa shape index (κ3) is 3.35. The summed E-state index contributed by atoms with van der Waals surface area (Å²) >= 11 is 0. The van der Waals surface area contributed by atoms with Gasteiger partial charge in [-0.25, -0.2) is 9.97 Å². The molecule has 0 bridgehead atoms. The molecule has 6 nitrogen and oxygen atoms in total. The lowest BCUT2D eigenvalue weighted by molar-refractivity contribution is 0.300. The topological polar surface area (TPSA) is 78.9 Å². The molecule has 2 aromatic heterocycles. The predicted octanol–water partition coefficient (Wildman–Crippen LogP) is 3.54. The highest BCUT2D eigenvalue weighted by molar-refractivity contribution is 5.99. The molecule has 4 aromatic rings. The summed E-state index contributed by atoms with van der Waals surface area (Å²) in [6.07, 6.45) is 8.07. The van der Waals surface area contributed by atoms with Crippen molar-refractivity contribution in [2.75, 3.05) is 12.3 Å². The molecule has 26 heavy (non-hydrogen) atoms. The van der Waals surface area contributed by atoms with Crippen molar-refractivity contribution in [3.05, 3.63) is 67.3 Å². The molecule has 0 spiro atoms. The fourth-order valence-electron chi connectivity index (χ4n) is 2.98. The van der Waals surface area contributed by atoms with Crippen LogP contribution in [0.5, 0.6) is 5.75 Å². The molecule has 0 saturated carbocycles. The van der Waals surface area contributed by atoms with Crippen molar-refractivity contribution in [1.29, 1.82) is 0 Å². The minimum atomic E-state index is 0.260. The Kier molecular flexibility index (Phi) is 4.47. The maximum atomic E-state index is 6.10. The lowest BCUT2D eigenvalue weighted by atomic mass is 9.99. The Labute approximate surface area is 151 Å². The first-order chi connectivity index (χ1) is 12.8. The van der Waals surface area contributed by atoms with E-state index in [9.17, 15) is 0 Å². The molecule has 0 saturated heterocycles. The molecule has 0 amide bonds. The number of aromatic nitrogens is 4. The van der Waals surface area contributed by atoms with Crippen LogP contribution in [-0.2, 0) is 6.54 Å². The van der Waals surface area contributed by atoms with Gasteiger partial charge in [-0.3, -0.25) is 4.68 Å². The number of nitrogens with two attached hydrogens (primary N) is 1. The number of rotatable bonds is 6. The largest absolute Gasteiger partial charge is 0.493 e. The minimum absolute atomic E-state index is 0.260. The van der Waals surface area contributed by atoms with E-state index in [0.717, 1.165) is 40.6 Å². The van der Waals surface area contributed by atoms with E-state index in [2.05, 4.69) is 33.3 Å². The van der Waals surface area contributed by atoms with Crippen LogP contribution in [0.25, 0.3) is 21.9 Å². The summed E-state index contributed by atoms with van der Waals surface area (Å²) in [7, 11) is 0. The minimum Gasteiger partial charge on any atom is -0.493 e. The lowest BCUT2D eigenvalue weighted by Gasteiger charge is -2.14. The van der Waals surface area contributed by atoms with Gasteiger partial charge in [0, 0.05) is 48.9 Å². The number of anilines is 1. The molecule has 0 aliphatic rings. The zero-order valence-corrected chi connectivity index (χ0v) is 14.2. The van der Waals surface area contributed by atoms with Gasteiger partial charge in [-0.15, -0.1) is 0 Å². The Morgan fingerprint density at radius 2 is 1.85 bits per heavy atom. The second-order valence-electron chi connectivity index (χ2n) is 5.96. The van der Waals surface area contributed by atoms with Crippen molar-refractivity contribution < 1.29 is 4.74 Å². The fourth-order valence-corrected chi connectivity index (χ4v) is 2.98. The maximum Gasteiger partial charge on any atom is 0.219 e. The Bertz CT molecular complexity index is 997. The molecule has 2 N–H and O–H groups in total. The average Bonchev–Trinajstić information content (AvgIpc) is 3.19. The Morgan fingerprint density at radius 3 is 2.65 bits per heavy atom. The summed E-state index contributed by atoms with van der Waals surface area (Å²) in [5.41, 5.74) is 7.51. The van der Waals surface area contributed by atoms with E-state index >= 15 is 0 Å². The standard InChI is InChI=1S/C20H19N5O/c21-20-22-13-16(14-23-20)19-17-6-2-1-5-15(17)7-8-18(19)26-12-4-11-25-10-3-9-24-25/h1-3,5-10,13-14H,4,11-12H2,(H2,21,22,23). The SMILES string of the molecule is Nc1ncc(-c2c(OCCCn3cccn3)ccc3ccccc23)cn1. The number of hydrogen-bond donors (Lipinski definition) is 1. The number of nitrogen functional groups attached to an aromatic ring is 1. The van der Waals surface area contributed by atoms with Crippen LogP contribution in [0.2, 0.25) is 0 Å². The van der Waals surface area contributed by atoms with Gasteiger partial charge in [-0.1, -0.05) is 30.3 Å². The number of nitrogens with zero attached hydrogens (tertiary/aromatic N) is 4. The van der Waals surface area contributed by atoms with Crippen molar-refractivity contribution in [3.63, 3.8) is 0 Å². The van der Waals surface area contributed by atoms with Crippen LogP contribution in [0, 0.1) is 0 Å². The summed E-state index contributed by atoms with van der Waals surface area (Å²) in [4.78, 5) is 8.27. The first-order valence-electron chi connectivity index (χ1n) is 8.51. The first kappa shape index (κ1) is 16.1. The van der Waals surface area contributed by atoms with Gasteiger partial charge < -0.3 is 10.5 Å². The Morgan fingerprint density at radius 1 is 1.00 bits per heavy atom. The third-order valence-electron chi connectivity index (χ3n) is 4.20. The zero-order chi connectivity index (χ0) is 17.8. The van der Waals surface area contributed by atoms with E-state index in [1.54, 1.807) is 18.6 Å². The van der Waals surface area contributed by atoms with Gasteiger partial charge in [0.15, 0.2) is 0 Å². The van der Waals surface area contributed by atoms with Gasteiger partial charge in [0.25, 0.3) is 0 Å². The molecule has 4 rings (SSSR count). The summed E-state index contributed by atoms with van der Waals surface area (Å²) < 4.78 is 8.00. The van der Waals surface area contributed by atoms with Crippen molar-refractivity contribution in [3.8, 4) is 16.9 Å². The highest BCUT2D eigenvalue weighted by Crippen LogP contribution is 2.36.